The summed E-state index contributed by atoms with van der Waals surface area (Å²) in [6.07, 6.45) is 4.47. The van der Waals surface area contributed by atoms with E-state index in [4.69, 9.17) is 4.98 Å². The van der Waals surface area contributed by atoms with Crippen molar-refractivity contribution in [3.63, 3.8) is 0 Å². The van der Waals surface area contributed by atoms with Gasteiger partial charge in [0.25, 0.3) is 0 Å². The molecule has 1 N–H and O–H groups in total. The lowest BCUT2D eigenvalue weighted by molar-refractivity contribution is 0.595. The lowest BCUT2D eigenvalue weighted by Crippen LogP contribution is -2.21. The summed E-state index contributed by atoms with van der Waals surface area (Å²) in [7, 11) is -3.38. The first-order valence-electron chi connectivity index (χ1n) is 17.9. The SMILES string of the molecule is O=S1(=O)Cc2ccc(C3=CC(c4ccccc4)NC(c4ccccc4)=C3)cc2-c2cc(-c3cc(-c4ccccc4)nc(-c4ccccc4)c3)ccc2C1. The fourth-order valence-electron chi connectivity index (χ4n) is 7.44. The summed E-state index contributed by atoms with van der Waals surface area (Å²) >= 11 is 0. The van der Waals surface area contributed by atoms with Gasteiger partial charge in [0.1, 0.15) is 0 Å². The smallest absolute Gasteiger partial charge is 0.158 e. The van der Waals surface area contributed by atoms with E-state index in [1.807, 2.05) is 60.7 Å². The largest absolute Gasteiger partial charge is 0.374 e. The molecule has 0 fully saturated rings. The zero-order valence-corrected chi connectivity index (χ0v) is 29.8. The number of hydrogen-bond donors (Lipinski definition) is 1. The molecule has 9 rings (SSSR count). The highest BCUT2D eigenvalue weighted by Crippen LogP contribution is 2.41. The molecule has 2 aliphatic rings. The first kappa shape index (κ1) is 32.6. The van der Waals surface area contributed by atoms with Crippen LogP contribution in [0.15, 0.2) is 182 Å². The van der Waals surface area contributed by atoms with Crippen molar-refractivity contribution in [1.29, 1.82) is 0 Å². The van der Waals surface area contributed by atoms with Crippen molar-refractivity contribution in [2.45, 2.75) is 17.5 Å². The maximum absolute atomic E-state index is 13.5. The highest BCUT2D eigenvalue weighted by molar-refractivity contribution is 7.89. The van der Waals surface area contributed by atoms with E-state index in [0.29, 0.717) is 0 Å². The zero-order chi connectivity index (χ0) is 35.8. The minimum absolute atomic E-state index is 0.00343. The van der Waals surface area contributed by atoms with Crippen molar-refractivity contribution in [1.82, 2.24) is 10.3 Å². The summed E-state index contributed by atoms with van der Waals surface area (Å²) in [5.41, 5.74) is 14.8. The molecular weight excluding hydrogens is 669 g/mol. The van der Waals surface area contributed by atoms with E-state index >= 15 is 0 Å². The molecule has 0 saturated carbocycles. The van der Waals surface area contributed by atoms with Gasteiger partial charge in [0.05, 0.1) is 28.9 Å². The second-order valence-corrected chi connectivity index (χ2v) is 15.8. The van der Waals surface area contributed by atoms with E-state index in [1.54, 1.807) is 0 Å². The van der Waals surface area contributed by atoms with Crippen LogP contribution in [0.2, 0.25) is 0 Å². The van der Waals surface area contributed by atoms with E-state index in [-0.39, 0.29) is 17.5 Å². The number of nitrogens with zero attached hydrogens (tertiary/aromatic N) is 1. The number of sulfone groups is 1. The Labute approximate surface area is 310 Å². The lowest BCUT2D eigenvalue weighted by Gasteiger charge is -2.26. The summed E-state index contributed by atoms with van der Waals surface area (Å²) in [6, 6.07) is 58.0. The molecule has 0 radical (unpaired) electrons. The minimum Gasteiger partial charge on any atom is -0.374 e. The number of fused-ring (bicyclic) bond motifs is 3. The Morgan fingerprint density at radius 1 is 0.491 bits per heavy atom. The molecule has 3 heterocycles. The van der Waals surface area contributed by atoms with Gasteiger partial charge in [-0.1, -0.05) is 146 Å². The van der Waals surface area contributed by atoms with Gasteiger partial charge in [0.2, 0.25) is 0 Å². The lowest BCUT2D eigenvalue weighted by atomic mass is 9.88. The fraction of sp³-hybridized carbons (Fsp3) is 0.0625. The Kier molecular flexibility index (Phi) is 8.41. The number of hydrogen-bond acceptors (Lipinski definition) is 4. The van der Waals surface area contributed by atoms with Gasteiger partial charge >= 0.3 is 0 Å². The number of pyridine rings is 1. The number of benzene rings is 6. The van der Waals surface area contributed by atoms with Crippen LogP contribution < -0.4 is 5.32 Å². The topological polar surface area (TPSA) is 59.1 Å². The predicted molar refractivity (Wildman–Crippen MR) is 217 cm³/mol. The molecule has 2 aliphatic heterocycles. The summed E-state index contributed by atoms with van der Waals surface area (Å²) in [4.78, 5) is 5.08. The van der Waals surface area contributed by atoms with Gasteiger partial charge < -0.3 is 5.32 Å². The summed E-state index contributed by atoms with van der Waals surface area (Å²) < 4.78 is 27.0. The Hall–Kier alpha value is -6.30. The van der Waals surface area contributed by atoms with E-state index in [0.717, 1.165) is 78.3 Å². The molecule has 4 nitrogen and oxygen atoms in total. The van der Waals surface area contributed by atoms with Gasteiger partial charge in [-0.15, -0.1) is 0 Å². The van der Waals surface area contributed by atoms with Crippen molar-refractivity contribution >= 4 is 21.1 Å². The van der Waals surface area contributed by atoms with Crippen LogP contribution in [-0.2, 0) is 21.3 Å². The Bertz CT molecular complexity index is 2580. The third-order valence-electron chi connectivity index (χ3n) is 10.1. The minimum atomic E-state index is -3.38. The molecule has 256 valence electrons. The second-order valence-electron chi connectivity index (χ2n) is 13.7. The molecule has 53 heavy (non-hydrogen) atoms. The monoisotopic (exact) mass is 704 g/mol. The molecule has 7 aromatic rings. The fourth-order valence-corrected chi connectivity index (χ4v) is 8.99. The van der Waals surface area contributed by atoms with E-state index in [1.165, 1.54) is 5.56 Å². The molecule has 0 aliphatic carbocycles. The molecule has 6 aromatic carbocycles. The molecule has 5 heteroatoms. The number of nitrogens with one attached hydrogen (secondary N) is 1. The molecule has 0 spiro atoms. The summed E-state index contributed by atoms with van der Waals surface area (Å²) in [5.74, 6) is -0.00913. The van der Waals surface area contributed by atoms with Crippen LogP contribution in [0.25, 0.3) is 56.0 Å². The van der Waals surface area contributed by atoms with E-state index < -0.39 is 9.84 Å². The first-order valence-corrected chi connectivity index (χ1v) is 19.7. The second kappa shape index (κ2) is 13.7. The third kappa shape index (κ3) is 6.75. The van der Waals surface area contributed by atoms with Gasteiger partial charge in [-0.3, -0.25) is 0 Å². The van der Waals surface area contributed by atoms with Crippen LogP contribution in [0.3, 0.4) is 0 Å². The average molecular weight is 705 g/mol. The number of aromatic nitrogens is 1. The van der Waals surface area contributed by atoms with Crippen LogP contribution in [0, 0.1) is 0 Å². The van der Waals surface area contributed by atoms with Gasteiger partial charge in [-0.25, -0.2) is 13.4 Å². The van der Waals surface area contributed by atoms with Crippen molar-refractivity contribution in [3.05, 3.63) is 210 Å². The molecule has 1 unspecified atom stereocenters. The highest BCUT2D eigenvalue weighted by atomic mass is 32.2. The van der Waals surface area contributed by atoms with Gasteiger partial charge in [-0.05, 0) is 92.1 Å². The quantitative estimate of drug-likeness (QED) is 0.187. The van der Waals surface area contributed by atoms with Gasteiger partial charge in [0.15, 0.2) is 9.84 Å². The van der Waals surface area contributed by atoms with E-state index in [2.05, 4.69) is 127 Å². The van der Waals surface area contributed by atoms with Crippen molar-refractivity contribution in [2.75, 3.05) is 0 Å². The summed E-state index contributed by atoms with van der Waals surface area (Å²) in [5, 5.41) is 3.74. The third-order valence-corrected chi connectivity index (χ3v) is 11.6. The highest BCUT2D eigenvalue weighted by Gasteiger charge is 2.26. The summed E-state index contributed by atoms with van der Waals surface area (Å²) in [6.45, 7) is 0. The van der Waals surface area contributed by atoms with Crippen molar-refractivity contribution in [3.8, 4) is 44.8 Å². The maximum atomic E-state index is 13.5. The number of allylic oxidation sites excluding steroid dienone is 2. The maximum Gasteiger partial charge on any atom is 0.158 e. The Morgan fingerprint density at radius 3 is 1.55 bits per heavy atom. The first-order chi connectivity index (χ1) is 26.0. The molecule has 0 amide bonds. The number of rotatable bonds is 6. The predicted octanol–water partition coefficient (Wildman–Crippen LogP) is 10.9. The molecule has 0 saturated heterocycles. The molecule has 0 bridgehead atoms. The normalized spacial score (nSPS) is 15.9. The Morgan fingerprint density at radius 2 is 0.981 bits per heavy atom. The van der Waals surface area contributed by atoms with Gasteiger partial charge in [-0.2, -0.15) is 0 Å². The number of dihydropyridines is 1. The van der Waals surface area contributed by atoms with Crippen LogP contribution in [-0.4, -0.2) is 13.4 Å². The van der Waals surface area contributed by atoms with E-state index in [9.17, 15) is 8.42 Å². The van der Waals surface area contributed by atoms with Crippen LogP contribution in [0.1, 0.15) is 33.9 Å². The molecular formula is C48H36N2O2S. The van der Waals surface area contributed by atoms with Gasteiger partial charge in [0, 0.05) is 16.8 Å². The zero-order valence-electron chi connectivity index (χ0n) is 29.0. The van der Waals surface area contributed by atoms with Crippen LogP contribution in [0.5, 0.6) is 0 Å². The van der Waals surface area contributed by atoms with Crippen molar-refractivity contribution < 1.29 is 8.42 Å². The average Bonchev–Trinajstić information content (AvgIpc) is 3.33. The van der Waals surface area contributed by atoms with Crippen LogP contribution >= 0.6 is 0 Å². The van der Waals surface area contributed by atoms with Crippen molar-refractivity contribution in [2.24, 2.45) is 0 Å². The Balaban J connectivity index is 1.19. The molecule has 1 atom stereocenters. The van der Waals surface area contributed by atoms with Crippen LogP contribution in [0.4, 0.5) is 0 Å². The standard InChI is InChI=1S/C48H36N2O2S/c51-53(52)31-39-23-21-37(41-27-45(33-13-5-1-6-14-33)49-46(28-41)34-15-7-2-8-16-34)25-43(39)44-26-38(22-24-40(44)32-53)42-29-47(35-17-9-3-10-18-35)50-48(30-42)36-19-11-4-12-20-36/h1-30,45,49H,31-32H2. The molecule has 1 aromatic heterocycles.